The lowest BCUT2D eigenvalue weighted by molar-refractivity contribution is 0.0934. The molecule has 1 heterocycles. The molecule has 5 nitrogen and oxygen atoms in total. The van der Waals surface area contributed by atoms with Crippen LogP contribution in [0.3, 0.4) is 0 Å². The zero-order valence-electron chi connectivity index (χ0n) is 11.0. The fourth-order valence-electron chi connectivity index (χ4n) is 1.86. The number of Topliss-reactive ketones (excluding diaryl/α,β-unsaturated/α-hetero) is 1. The summed E-state index contributed by atoms with van der Waals surface area (Å²) in [6, 6.07) is 7.77. The number of nitrogens with zero attached hydrogens (tertiary/aromatic N) is 3. The van der Waals surface area contributed by atoms with Gasteiger partial charge in [-0.2, -0.15) is 0 Å². The molecule has 0 radical (unpaired) electrons. The third-order valence-corrected chi connectivity index (χ3v) is 3.21. The Hall–Kier alpha value is -2.17. The van der Waals surface area contributed by atoms with Crippen LogP contribution in [0.4, 0.5) is 5.69 Å². The second kappa shape index (κ2) is 4.50. The van der Waals surface area contributed by atoms with Crippen molar-refractivity contribution in [3.63, 3.8) is 0 Å². The zero-order chi connectivity index (χ0) is 13.4. The number of hydrogen-bond donors (Lipinski definition) is 0. The lowest BCUT2D eigenvalue weighted by atomic mass is 10.2. The lowest BCUT2D eigenvalue weighted by Crippen LogP contribution is -2.07. The van der Waals surface area contributed by atoms with Gasteiger partial charge in [0, 0.05) is 31.3 Å². The van der Waals surface area contributed by atoms with Crippen LogP contribution in [0.25, 0.3) is 11.5 Å². The summed E-state index contributed by atoms with van der Waals surface area (Å²) in [5.74, 6) is 0.608. The molecular formula is C14H15N3O2. The molecule has 0 unspecified atom stereocenters. The summed E-state index contributed by atoms with van der Waals surface area (Å²) in [5.41, 5.74) is 1.92. The molecule has 3 rings (SSSR count). The first-order valence-electron chi connectivity index (χ1n) is 6.30. The van der Waals surface area contributed by atoms with Crippen molar-refractivity contribution in [2.45, 2.75) is 12.8 Å². The van der Waals surface area contributed by atoms with E-state index in [1.165, 1.54) is 0 Å². The molecule has 19 heavy (non-hydrogen) atoms. The Kier molecular flexibility index (Phi) is 2.81. The van der Waals surface area contributed by atoms with Crippen molar-refractivity contribution in [3.8, 4) is 11.5 Å². The van der Waals surface area contributed by atoms with Crippen molar-refractivity contribution >= 4 is 11.5 Å². The number of carbonyl (C=O) groups excluding carboxylic acids is 1. The van der Waals surface area contributed by atoms with Crippen LogP contribution in [0.2, 0.25) is 0 Å². The number of ketones is 1. The monoisotopic (exact) mass is 257 g/mol. The molecule has 1 aromatic heterocycles. The number of anilines is 1. The number of benzene rings is 1. The second-order valence-corrected chi connectivity index (χ2v) is 4.99. The van der Waals surface area contributed by atoms with Crippen LogP contribution in [0, 0.1) is 5.92 Å². The van der Waals surface area contributed by atoms with E-state index in [4.69, 9.17) is 4.42 Å². The molecule has 0 amide bonds. The molecule has 0 spiro atoms. The Morgan fingerprint density at radius 2 is 1.89 bits per heavy atom. The standard InChI is InChI=1S/C14H15N3O2/c1-17(2)11-7-5-10(6-8-11)13-15-16-14(19-13)12(18)9-3-4-9/h5-9H,3-4H2,1-2H3. The molecule has 0 bridgehead atoms. The smallest absolute Gasteiger partial charge is 0.284 e. The predicted octanol–water partition coefficient (Wildman–Crippen LogP) is 2.40. The maximum Gasteiger partial charge on any atom is 0.284 e. The third-order valence-electron chi connectivity index (χ3n) is 3.21. The summed E-state index contributed by atoms with van der Waals surface area (Å²) >= 11 is 0. The Labute approximate surface area is 111 Å². The summed E-state index contributed by atoms with van der Waals surface area (Å²) in [7, 11) is 3.96. The van der Waals surface area contributed by atoms with Gasteiger partial charge in [0.2, 0.25) is 11.7 Å². The van der Waals surface area contributed by atoms with E-state index in [-0.39, 0.29) is 17.6 Å². The average Bonchev–Trinajstić information content (AvgIpc) is 3.15. The van der Waals surface area contributed by atoms with Gasteiger partial charge in [0.15, 0.2) is 0 Å². The van der Waals surface area contributed by atoms with E-state index in [9.17, 15) is 4.79 Å². The van der Waals surface area contributed by atoms with Gasteiger partial charge in [0.25, 0.3) is 5.89 Å². The maximum atomic E-state index is 11.8. The highest BCUT2D eigenvalue weighted by Gasteiger charge is 2.34. The molecule has 0 atom stereocenters. The molecule has 5 heteroatoms. The van der Waals surface area contributed by atoms with Gasteiger partial charge in [-0.1, -0.05) is 0 Å². The average molecular weight is 257 g/mol. The van der Waals surface area contributed by atoms with E-state index in [0.29, 0.717) is 5.89 Å². The Morgan fingerprint density at radius 1 is 1.21 bits per heavy atom. The molecule has 0 N–H and O–H groups in total. The highest BCUT2D eigenvalue weighted by Crippen LogP contribution is 2.32. The van der Waals surface area contributed by atoms with Crippen LogP contribution in [0.5, 0.6) is 0 Å². The quantitative estimate of drug-likeness (QED) is 0.787. The Balaban J connectivity index is 1.83. The van der Waals surface area contributed by atoms with Gasteiger partial charge >= 0.3 is 0 Å². The summed E-state index contributed by atoms with van der Waals surface area (Å²) in [5, 5.41) is 7.78. The van der Waals surface area contributed by atoms with E-state index in [1.807, 2.05) is 43.3 Å². The summed E-state index contributed by atoms with van der Waals surface area (Å²) < 4.78 is 5.45. The summed E-state index contributed by atoms with van der Waals surface area (Å²) in [6.07, 6.45) is 1.88. The largest absolute Gasteiger partial charge is 0.414 e. The topological polar surface area (TPSA) is 59.2 Å². The first-order valence-corrected chi connectivity index (χ1v) is 6.30. The minimum Gasteiger partial charge on any atom is -0.414 e. The van der Waals surface area contributed by atoms with E-state index in [1.54, 1.807) is 0 Å². The number of carbonyl (C=O) groups is 1. The minimum absolute atomic E-state index is 0.0244. The first-order chi connectivity index (χ1) is 9.15. The number of aromatic nitrogens is 2. The van der Waals surface area contributed by atoms with Crippen molar-refractivity contribution in [2.75, 3.05) is 19.0 Å². The van der Waals surface area contributed by atoms with Gasteiger partial charge in [-0.15, -0.1) is 10.2 Å². The van der Waals surface area contributed by atoms with Crippen LogP contribution < -0.4 is 4.90 Å². The normalized spacial score (nSPS) is 14.4. The van der Waals surface area contributed by atoms with E-state index in [0.717, 1.165) is 24.1 Å². The maximum absolute atomic E-state index is 11.8. The van der Waals surface area contributed by atoms with Gasteiger partial charge in [-0.3, -0.25) is 4.79 Å². The molecule has 1 aromatic carbocycles. The van der Waals surface area contributed by atoms with Gasteiger partial charge in [-0.25, -0.2) is 0 Å². The van der Waals surface area contributed by atoms with Crippen LogP contribution in [-0.4, -0.2) is 30.1 Å². The molecule has 0 aliphatic heterocycles. The minimum atomic E-state index is -0.0244. The van der Waals surface area contributed by atoms with E-state index in [2.05, 4.69) is 10.2 Å². The molecule has 0 saturated heterocycles. The molecule has 1 saturated carbocycles. The molecule has 98 valence electrons. The first kappa shape index (κ1) is 11.9. The number of hydrogen-bond acceptors (Lipinski definition) is 5. The zero-order valence-corrected chi connectivity index (χ0v) is 11.0. The fourth-order valence-corrected chi connectivity index (χ4v) is 1.86. The Morgan fingerprint density at radius 3 is 2.47 bits per heavy atom. The molecular weight excluding hydrogens is 242 g/mol. The van der Waals surface area contributed by atoms with E-state index < -0.39 is 0 Å². The SMILES string of the molecule is CN(C)c1ccc(-c2nnc(C(=O)C3CC3)o2)cc1. The molecule has 1 aliphatic carbocycles. The molecule has 2 aromatic rings. The van der Waals surface area contributed by atoms with Crippen LogP contribution in [0.1, 0.15) is 23.5 Å². The molecule has 1 fully saturated rings. The highest BCUT2D eigenvalue weighted by molar-refractivity contribution is 5.95. The third kappa shape index (κ3) is 2.36. The van der Waals surface area contributed by atoms with Crippen molar-refractivity contribution in [1.29, 1.82) is 0 Å². The second-order valence-electron chi connectivity index (χ2n) is 4.99. The van der Waals surface area contributed by atoms with Crippen molar-refractivity contribution in [3.05, 3.63) is 30.2 Å². The highest BCUT2D eigenvalue weighted by atomic mass is 16.4. The van der Waals surface area contributed by atoms with E-state index >= 15 is 0 Å². The van der Waals surface area contributed by atoms with Crippen molar-refractivity contribution in [2.24, 2.45) is 5.92 Å². The van der Waals surface area contributed by atoms with Gasteiger partial charge in [0.1, 0.15) is 0 Å². The lowest BCUT2D eigenvalue weighted by Gasteiger charge is -2.11. The van der Waals surface area contributed by atoms with Crippen LogP contribution in [-0.2, 0) is 0 Å². The van der Waals surface area contributed by atoms with Gasteiger partial charge in [0.05, 0.1) is 0 Å². The number of rotatable bonds is 4. The molecule has 1 aliphatic rings. The van der Waals surface area contributed by atoms with Crippen molar-refractivity contribution in [1.82, 2.24) is 10.2 Å². The predicted molar refractivity (Wildman–Crippen MR) is 71.1 cm³/mol. The summed E-state index contributed by atoms with van der Waals surface area (Å²) in [4.78, 5) is 13.8. The van der Waals surface area contributed by atoms with Crippen LogP contribution in [0.15, 0.2) is 28.7 Å². The van der Waals surface area contributed by atoms with Gasteiger partial charge < -0.3 is 9.32 Å². The summed E-state index contributed by atoms with van der Waals surface area (Å²) in [6.45, 7) is 0. The van der Waals surface area contributed by atoms with Gasteiger partial charge in [-0.05, 0) is 37.1 Å². The van der Waals surface area contributed by atoms with Crippen LogP contribution >= 0.6 is 0 Å². The van der Waals surface area contributed by atoms with Crippen molar-refractivity contribution < 1.29 is 9.21 Å². The Bertz CT molecular complexity index is 597. The fraction of sp³-hybridized carbons (Fsp3) is 0.357.